The van der Waals surface area contributed by atoms with E-state index in [2.05, 4.69) is 19.9 Å². The van der Waals surface area contributed by atoms with Crippen molar-refractivity contribution < 1.29 is 18.7 Å². The van der Waals surface area contributed by atoms with E-state index in [9.17, 15) is 9.18 Å². The minimum Gasteiger partial charge on any atom is -0.472 e. The zero-order valence-corrected chi connectivity index (χ0v) is 20.8. The summed E-state index contributed by atoms with van der Waals surface area (Å²) >= 11 is 1.36. The van der Waals surface area contributed by atoms with Gasteiger partial charge in [-0.3, -0.25) is 0 Å². The average molecular weight is 466 g/mol. The maximum atomic E-state index is 14.9. The normalized spacial score (nSPS) is 20.0. The zero-order chi connectivity index (χ0) is 23.8. The van der Waals surface area contributed by atoms with Gasteiger partial charge in [-0.2, -0.15) is 0 Å². The molecule has 0 radical (unpaired) electrons. The van der Waals surface area contributed by atoms with E-state index in [4.69, 9.17) is 9.47 Å². The Labute approximate surface area is 192 Å². The number of rotatable bonds is 1. The molecule has 0 aliphatic carbocycles. The molecule has 4 heterocycles. The van der Waals surface area contributed by atoms with E-state index in [1.54, 1.807) is 11.8 Å². The Balaban J connectivity index is 0.00000141. The van der Waals surface area contributed by atoms with Crippen molar-refractivity contribution in [3.05, 3.63) is 11.5 Å². The van der Waals surface area contributed by atoms with Gasteiger partial charge in [-0.1, -0.05) is 25.6 Å². The predicted octanol–water partition coefficient (Wildman–Crippen LogP) is 4.43. The van der Waals surface area contributed by atoms with Crippen LogP contribution in [0.1, 0.15) is 47.2 Å². The van der Waals surface area contributed by atoms with E-state index in [-0.39, 0.29) is 29.4 Å². The van der Waals surface area contributed by atoms with E-state index in [1.165, 1.54) is 11.8 Å². The van der Waals surface area contributed by atoms with Crippen LogP contribution in [-0.4, -0.2) is 69.6 Å². The molecule has 2 aromatic rings. The highest BCUT2D eigenvalue weighted by Crippen LogP contribution is 2.40. The van der Waals surface area contributed by atoms with E-state index in [0.717, 1.165) is 0 Å². The summed E-state index contributed by atoms with van der Waals surface area (Å²) in [5.74, 6) is 0.469. The quantitative estimate of drug-likeness (QED) is 0.452. The molecule has 0 aromatic carbocycles. The van der Waals surface area contributed by atoms with E-state index in [0.29, 0.717) is 41.9 Å². The zero-order valence-electron chi connectivity index (χ0n) is 20.0. The fraction of sp³-hybridized carbons (Fsp3) is 0.636. The molecule has 2 unspecified atom stereocenters. The highest BCUT2D eigenvalue weighted by molar-refractivity contribution is 7.98. The number of ether oxygens (including phenoxy) is 2. The SMILES string of the molecule is CC.CSc1nc2c3c(nc(C)c(F)c3n1)OC(C)C1CN(C(=O)OC(C)(C)C)CCN21. The van der Waals surface area contributed by atoms with Crippen molar-refractivity contribution in [1.29, 1.82) is 0 Å². The Hall–Kier alpha value is -2.36. The molecule has 0 N–H and O–H groups in total. The monoisotopic (exact) mass is 465 g/mol. The molecule has 1 fully saturated rings. The minimum absolute atomic E-state index is 0.184. The molecule has 176 valence electrons. The summed E-state index contributed by atoms with van der Waals surface area (Å²) in [6.07, 6.45) is 1.20. The number of pyridine rings is 1. The number of aromatic nitrogens is 3. The van der Waals surface area contributed by atoms with Crippen LogP contribution < -0.4 is 9.64 Å². The van der Waals surface area contributed by atoms with Gasteiger partial charge in [0.05, 0.1) is 11.7 Å². The first-order valence-electron chi connectivity index (χ1n) is 10.9. The summed E-state index contributed by atoms with van der Waals surface area (Å²) < 4.78 is 26.6. The molecule has 2 atom stereocenters. The molecule has 10 heteroatoms. The van der Waals surface area contributed by atoms with E-state index >= 15 is 0 Å². The molecule has 4 rings (SSSR count). The van der Waals surface area contributed by atoms with Gasteiger partial charge in [-0.25, -0.2) is 24.1 Å². The number of piperazine rings is 1. The molecule has 8 nitrogen and oxygen atoms in total. The maximum absolute atomic E-state index is 14.9. The first-order chi connectivity index (χ1) is 15.1. The third-order valence-corrected chi connectivity index (χ3v) is 5.79. The molecule has 0 spiro atoms. The molecule has 1 amide bonds. The lowest BCUT2D eigenvalue weighted by Crippen LogP contribution is -2.59. The van der Waals surface area contributed by atoms with Gasteiger partial charge in [-0.15, -0.1) is 0 Å². The van der Waals surface area contributed by atoms with Crippen molar-refractivity contribution in [3.63, 3.8) is 0 Å². The van der Waals surface area contributed by atoms with Gasteiger partial charge in [0.2, 0.25) is 5.88 Å². The van der Waals surface area contributed by atoms with Crippen molar-refractivity contribution in [3.8, 4) is 5.88 Å². The van der Waals surface area contributed by atoms with Crippen LogP contribution in [-0.2, 0) is 4.74 Å². The number of aryl methyl sites for hydroxylation is 1. The van der Waals surface area contributed by atoms with Crippen LogP contribution in [0.2, 0.25) is 0 Å². The molecule has 0 bridgehead atoms. The Kier molecular flexibility index (Phi) is 7.02. The third kappa shape index (κ3) is 4.55. The number of anilines is 1. The lowest BCUT2D eigenvalue weighted by molar-refractivity contribution is 0.0175. The number of hydrogen-bond acceptors (Lipinski definition) is 8. The molecule has 2 aliphatic rings. The Morgan fingerprint density at radius 3 is 2.53 bits per heavy atom. The summed E-state index contributed by atoms with van der Waals surface area (Å²) in [5.41, 5.74) is -0.118. The van der Waals surface area contributed by atoms with Crippen molar-refractivity contribution in [2.45, 2.75) is 71.4 Å². The Morgan fingerprint density at radius 2 is 1.91 bits per heavy atom. The lowest BCUT2D eigenvalue weighted by Gasteiger charge is -2.43. The van der Waals surface area contributed by atoms with Crippen molar-refractivity contribution >= 4 is 34.6 Å². The van der Waals surface area contributed by atoms with E-state index in [1.807, 2.05) is 47.8 Å². The standard InChI is InChI=1S/C20H26FN5O3S.C2H6/c1-10-14(21)15-13-16(24-18(23-15)30-6)26-8-7-25(19(27)29-20(3,4)5)9-12(26)11(2)28-17(13)22-10;1-2/h11-12H,7-9H2,1-6H3;1-2H3. The predicted molar refractivity (Wildman–Crippen MR) is 124 cm³/mol. The van der Waals surface area contributed by atoms with Crippen molar-refractivity contribution in [2.75, 3.05) is 30.8 Å². The topological polar surface area (TPSA) is 80.7 Å². The highest BCUT2D eigenvalue weighted by Gasteiger charge is 2.40. The second kappa shape index (κ2) is 9.25. The summed E-state index contributed by atoms with van der Waals surface area (Å²) in [6.45, 7) is 14.5. The summed E-state index contributed by atoms with van der Waals surface area (Å²) in [7, 11) is 0. The van der Waals surface area contributed by atoms with Crippen LogP contribution in [0, 0.1) is 12.7 Å². The smallest absolute Gasteiger partial charge is 0.410 e. The highest BCUT2D eigenvalue weighted by atomic mass is 32.2. The number of carbonyl (C=O) groups excluding carboxylic acids is 1. The second-order valence-electron chi connectivity index (χ2n) is 8.58. The summed E-state index contributed by atoms with van der Waals surface area (Å²) in [6, 6.07) is -0.184. The first-order valence-corrected chi connectivity index (χ1v) is 12.1. The first kappa shape index (κ1) is 24.3. The number of nitrogens with zero attached hydrogens (tertiary/aromatic N) is 5. The van der Waals surface area contributed by atoms with Gasteiger partial charge in [-0.05, 0) is 40.9 Å². The molecule has 2 aliphatic heterocycles. The molecular weight excluding hydrogens is 433 g/mol. The van der Waals surface area contributed by atoms with Gasteiger partial charge in [0.15, 0.2) is 11.0 Å². The molecule has 32 heavy (non-hydrogen) atoms. The van der Waals surface area contributed by atoms with Gasteiger partial charge in [0, 0.05) is 19.6 Å². The maximum Gasteiger partial charge on any atom is 0.410 e. The minimum atomic E-state index is -0.568. The van der Waals surface area contributed by atoms with Crippen LogP contribution in [0.25, 0.3) is 10.9 Å². The van der Waals surface area contributed by atoms with Crippen LogP contribution >= 0.6 is 11.8 Å². The van der Waals surface area contributed by atoms with Crippen molar-refractivity contribution in [2.24, 2.45) is 0 Å². The fourth-order valence-electron chi connectivity index (χ4n) is 3.82. The molecule has 1 saturated heterocycles. The van der Waals surface area contributed by atoms with E-state index < -0.39 is 11.4 Å². The number of fused-ring (bicyclic) bond motifs is 2. The fourth-order valence-corrected chi connectivity index (χ4v) is 4.18. The Morgan fingerprint density at radius 1 is 1.22 bits per heavy atom. The molecular formula is C22H32FN5O3S. The molecule has 0 saturated carbocycles. The average Bonchev–Trinajstić information content (AvgIpc) is 2.86. The van der Waals surface area contributed by atoms with Crippen LogP contribution in [0.3, 0.4) is 0 Å². The van der Waals surface area contributed by atoms with Crippen LogP contribution in [0.15, 0.2) is 5.16 Å². The Bertz CT molecular complexity index is 1010. The van der Waals surface area contributed by atoms with Gasteiger partial charge in [0.1, 0.15) is 28.4 Å². The van der Waals surface area contributed by atoms with Crippen molar-refractivity contribution in [1.82, 2.24) is 19.9 Å². The van der Waals surface area contributed by atoms with Gasteiger partial charge >= 0.3 is 6.09 Å². The second-order valence-corrected chi connectivity index (χ2v) is 9.36. The summed E-state index contributed by atoms with van der Waals surface area (Å²) in [5, 5.41) is 0.965. The third-order valence-electron chi connectivity index (χ3n) is 5.24. The number of hydrogen-bond donors (Lipinski definition) is 0. The lowest BCUT2D eigenvalue weighted by atomic mass is 10.1. The summed E-state index contributed by atoms with van der Waals surface area (Å²) in [4.78, 5) is 29.8. The number of halogens is 1. The number of carbonyl (C=O) groups is 1. The van der Waals surface area contributed by atoms with Crippen LogP contribution in [0.4, 0.5) is 15.0 Å². The van der Waals surface area contributed by atoms with Gasteiger partial charge in [0.25, 0.3) is 0 Å². The largest absolute Gasteiger partial charge is 0.472 e. The number of amides is 1. The number of thioether (sulfide) groups is 1. The molecule has 2 aromatic heterocycles. The van der Waals surface area contributed by atoms with Gasteiger partial charge < -0.3 is 19.3 Å². The van der Waals surface area contributed by atoms with Crippen LogP contribution in [0.5, 0.6) is 5.88 Å².